The van der Waals surface area contributed by atoms with E-state index in [0.717, 1.165) is 11.3 Å². The second kappa shape index (κ2) is 11.5. The van der Waals surface area contributed by atoms with Crippen molar-refractivity contribution in [2.24, 2.45) is 21.5 Å². The Hall–Kier alpha value is -1.99. The van der Waals surface area contributed by atoms with Crippen LogP contribution in [0.1, 0.15) is 37.0 Å². The number of nitrogens with one attached hydrogen (secondary N) is 1. The standard InChI is InChI=1S/C17H29N5O2.ClH/c1-11(2)20-16(18)21-17(19)22-24-8-6-7-23-15-10-12(3)9-13(4)14(15)5;/h9-11H,6-8H2,1-5H3,(H5,18,19,20,21,22);1H. The molecule has 0 aliphatic rings. The Balaban J connectivity index is 0.00000576. The molecule has 1 rings (SSSR count). The number of hydrogen-bond donors (Lipinski definition) is 3. The summed E-state index contributed by atoms with van der Waals surface area (Å²) in [6.45, 7) is 11.0. The molecule has 1 aromatic carbocycles. The van der Waals surface area contributed by atoms with E-state index >= 15 is 0 Å². The van der Waals surface area contributed by atoms with Gasteiger partial charge in [-0.1, -0.05) is 6.07 Å². The minimum absolute atomic E-state index is 0. The molecule has 5 N–H and O–H groups in total. The molecule has 1 aromatic rings. The number of rotatable bonds is 7. The summed E-state index contributed by atoms with van der Waals surface area (Å²) in [7, 11) is 0. The van der Waals surface area contributed by atoms with Gasteiger partial charge in [0.15, 0.2) is 0 Å². The maximum Gasteiger partial charge on any atom is 0.221 e. The van der Waals surface area contributed by atoms with E-state index in [-0.39, 0.29) is 30.4 Å². The zero-order chi connectivity index (χ0) is 18.1. The number of benzene rings is 1. The second-order valence-electron chi connectivity index (χ2n) is 5.94. The Labute approximate surface area is 156 Å². The van der Waals surface area contributed by atoms with Gasteiger partial charge in [0.25, 0.3) is 0 Å². The summed E-state index contributed by atoms with van der Waals surface area (Å²) in [6, 6.07) is 4.25. The zero-order valence-corrected chi connectivity index (χ0v) is 16.4. The van der Waals surface area contributed by atoms with Gasteiger partial charge in [-0.2, -0.15) is 4.99 Å². The number of hydrogen-bond acceptors (Lipinski definition) is 3. The summed E-state index contributed by atoms with van der Waals surface area (Å²) in [5, 5.41) is 0. The fraction of sp³-hybridized carbons (Fsp3) is 0.529. The van der Waals surface area contributed by atoms with Crippen molar-refractivity contribution >= 4 is 24.3 Å². The van der Waals surface area contributed by atoms with E-state index in [0.29, 0.717) is 19.6 Å². The van der Waals surface area contributed by atoms with Crippen LogP contribution in [0.3, 0.4) is 0 Å². The Morgan fingerprint density at radius 1 is 1.16 bits per heavy atom. The van der Waals surface area contributed by atoms with Crippen molar-refractivity contribution < 1.29 is 9.57 Å². The number of aliphatic imine (C=N–C) groups is 2. The predicted molar refractivity (Wildman–Crippen MR) is 105 cm³/mol. The lowest BCUT2D eigenvalue weighted by Crippen LogP contribution is -2.34. The van der Waals surface area contributed by atoms with Gasteiger partial charge in [-0.05, 0) is 57.4 Å². The number of guanidine groups is 2. The Bertz CT molecular complexity index is 603. The van der Waals surface area contributed by atoms with Crippen molar-refractivity contribution in [2.75, 3.05) is 13.2 Å². The molecular weight excluding hydrogens is 342 g/mol. The lowest BCUT2D eigenvalue weighted by molar-refractivity contribution is 0.0738. The topological polar surface area (TPSA) is 107 Å². The first-order chi connectivity index (χ1) is 11.3. The molecule has 0 bridgehead atoms. The van der Waals surface area contributed by atoms with E-state index < -0.39 is 0 Å². The SMILES string of the molecule is Cc1cc(C)c(C)c(OCCCONC(N)=NC(N)=NC(C)C)c1.Cl. The van der Waals surface area contributed by atoms with Crippen molar-refractivity contribution in [1.29, 1.82) is 0 Å². The fourth-order valence-electron chi connectivity index (χ4n) is 2.03. The van der Waals surface area contributed by atoms with Crippen LogP contribution in [0.4, 0.5) is 0 Å². The number of hydroxylamine groups is 1. The van der Waals surface area contributed by atoms with E-state index in [1.165, 1.54) is 11.1 Å². The molecule has 0 heterocycles. The smallest absolute Gasteiger partial charge is 0.221 e. The van der Waals surface area contributed by atoms with Crippen molar-refractivity contribution in [2.45, 2.75) is 47.1 Å². The van der Waals surface area contributed by atoms with Gasteiger partial charge in [0, 0.05) is 12.5 Å². The van der Waals surface area contributed by atoms with Gasteiger partial charge >= 0.3 is 0 Å². The summed E-state index contributed by atoms with van der Waals surface area (Å²) in [6.07, 6.45) is 0.711. The van der Waals surface area contributed by atoms with Gasteiger partial charge in [0.2, 0.25) is 11.9 Å². The lowest BCUT2D eigenvalue weighted by Gasteiger charge is -2.12. The van der Waals surface area contributed by atoms with Crippen LogP contribution in [0.5, 0.6) is 5.75 Å². The number of ether oxygens (including phenoxy) is 1. The summed E-state index contributed by atoms with van der Waals surface area (Å²) < 4.78 is 5.81. The Kier molecular flexibility index (Phi) is 10.6. The molecule has 0 saturated heterocycles. The highest BCUT2D eigenvalue weighted by Crippen LogP contribution is 2.23. The summed E-state index contributed by atoms with van der Waals surface area (Å²) >= 11 is 0. The molecule has 7 nitrogen and oxygen atoms in total. The first-order valence-corrected chi connectivity index (χ1v) is 8.05. The number of nitrogens with zero attached hydrogens (tertiary/aromatic N) is 2. The average molecular weight is 372 g/mol. The van der Waals surface area contributed by atoms with Crippen molar-refractivity contribution in [3.8, 4) is 5.75 Å². The monoisotopic (exact) mass is 371 g/mol. The van der Waals surface area contributed by atoms with Crippen LogP contribution < -0.4 is 21.7 Å². The van der Waals surface area contributed by atoms with Crippen LogP contribution in [0.25, 0.3) is 0 Å². The van der Waals surface area contributed by atoms with Gasteiger partial charge < -0.3 is 16.2 Å². The highest BCUT2D eigenvalue weighted by Gasteiger charge is 2.04. The van der Waals surface area contributed by atoms with Crippen molar-refractivity contribution in [3.63, 3.8) is 0 Å². The molecule has 0 saturated carbocycles. The van der Waals surface area contributed by atoms with E-state index in [4.69, 9.17) is 21.0 Å². The second-order valence-corrected chi connectivity index (χ2v) is 5.94. The number of aryl methyl sites for hydroxylation is 2. The van der Waals surface area contributed by atoms with Gasteiger partial charge in [-0.3, -0.25) is 4.84 Å². The van der Waals surface area contributed by atoms with Crippen LogP contribution in [-0.2, 0) is 4.84 Å². The summed E-state index contributed by atoms with van der Waals surface area (Å²) in [4.78, 5) is 13.1. The van der Waals surface area contributed by atoms with E-state index in [2.05, 4.69) is 42.3 Å². The maximum absolute atomic E-state index is 5.81. The average Bonchev–Trinajstić information content (AvgIpc) is 2.46. The molecule has 142 valence electrons. The van der Waals surface area contributed by atoms with Crippen LogP contribution in [0.2, 0.25) is 0 Å². The molecule has 0 spiro atoms. The van der Waals surface area contributed by atoms with Crippen molar-refractivity contribution in [1.82, 2.24) is 5.48 Å². The van der Waals surface area contributed by atoms with Gasteiger partial charge in [0.1, 0.15) is 5.75 Å². The van der Waals surface area contributed by atoms with E-state index in [9.17, 15) is 0 Å². The Morgan fingerprint density at radius 2 is 1.84 bits per heavy atom. The summed E-state index contributed by atoms with van der Waals surface area (Å²) in [5.74, 6) is 1.11. The molecule has 0 unspecified atom stereocenters. The van der Waals surface area contributed by atoms with E-state index in [1.807, 2.05) is 19.9 Å². The third-order valence-electron chi connectivity index (χ3n) is 3.21. The molecular formula is C17H30ClN5O2. The number of halogens is 1. The molecule has 0 aromatic heterocycles. The Morgan fingerprint density at radius 3 is 2.48 bits per heavy atom. The first kappa shape index (κ1) is 23.0. The van der Waals surface area contributed by atoms with Crippen LogP contribution in [-0.4, -0.2) is 31.2 Å². The fourth-order valence-corrected chi connectivity index (χ4v) is 2.03. The van der Waals surface area contributed by atoms with Crippen LogP contribution in [0.15, 0.2) is 22.1 Å². The first-order valence-electron chi connectivity index (χ1n) is 8.05. The van der Waals surface area contributed by atoms with E-state index in [1.54, 1.807) is 0 Å². The molecule has 0 atom stereocenters. The minimum atomic E-state index is 0. The normalized spacial score (nSPS) is 12.1. The number of nitrogens with two attached hydrogens (primary N) is 2. The highest BCUT2D eigenvalue weighted by atomic mass is 35.5. The van der Waals surface area contributed by atoms with Crippen LogP contribution >= 0.6 is 12.4 Å². The van der Waals surface area contributed by atoms with Gasteiger partial charge in [-0.15, -0.1) is 12.4 Å². The largest absolute Gasteiger partial charge is 0.493 e. The molecule has 0 radical (unpaired) electrons. The lowest BCUT2D eigenvalue weighted by atomic mass is 10.1. The molecule has 25 heavy (non-hydrogen) atoms. The molecule has 0 aliphatic heterocycles. The van der Waals surface area contributed by atoms with Gasteiger partial charge in [-0.25, -0.2) is 10.5 Å². The van der Waals surface area contributed by atoms with Crippen molar-refractivity contribution in [3.05, 3.63) is 28.8 Å². The zero-order valence-electron chi connectivity index (χ0n) is 15.6. The quantitative estimate of drug-likeness (QED) is 0.295. The molecule has 0 fully saturated rings. The molecule has 0 aliphatic carbocycles. The highest BCUT2D eigenvalue weighted by molar-refractivity contribution is 5.92. The third-order valence-corrected chi connectivity index (χ3v) is 3.21. The molecule has 0 amide bonds. The predicted octanol–water partition coefficient (Wildman–Crippen LogP) is 2.36. The maximum atomic E-state index is 5.81. The summed E-state index contributed by atoms with van der Waals surface area (Å²) in [5.41, 5.74) is 17.3. The third kappa shape index (κ3) is 9.16. The van der Waals surface area contributed by atoms with Gasteiger partial charge in [0.05, 0.1) is 13.2 Å². The molecule has 8 heteroatoms. The minimum Gasteiger partial charge on any atom is -0.493 e. The van der Waals surface area contributed by atoms with Crippen LogP contribution in [0, 0.1) is 20.8 Å².